The molecule has 0 amide bonds. The van der Waals surface area contributed by atoms with Gasteiger partial charge >= 0.3 is 0 Å². The van der Waals surface area contributed by atoms with Crippen LogP contribution in [0.15, 0.2) is 30.3 Å². The summed E-state index contributed by atoms with van der Waals surface area (Å²) in [4.78, 5) is 0. The molecule has 2 N–H and O–H groups in total. The number of rotatable bonds is 4. The summed E-state index contributed by atoms with van der Waals surface area (Å²) in [5, 5.41) is 4.72. The van der Waals surface area contributed by atoms with Crippen LogP contribution in [0, 0.1) is 0 Å². The maximum absolute atomic E-state index is 5.90. The SMILES string of the molecule is CN(C(CN)c1ccccc1)N1CCCC1. The molecule has 1 aliphatic heterocycles. The first-order chi connectivity index (χ1) is 7.83. The Morgan fingerprint density at radius 1 is 1.25 bits per heavy atom. The van der Waals surface area contributed by atoms with Crippen LogP contribution in [0.1, 0.15) is 24.4 Å². The van der Waals surface area contributed by atoms with Crippen molar-refractivity contribution in [3.05, 3.63) is 35.9 Å². The maximum atomic E-state index is 5.90. The highest BCUT2D eigenvalue weighted by molar-refractivity contribution is 5.19. The van der Waals surface area contributed by atoms with Gasteiger partial charge in [0.1, 0.15) is 0 Å². The third-order valence-corrected chi connectivity index (χ3v) is 3.39. The van der Waals surface area contributed by atoms with E-state index in [1.165, 1.54) is 31.5 Å². The van der Waals surface area contributed by atoms with Crippen LogP contribution in [0.2, 0.25) is 0 Å². The van der Waals surface area contributed by atoms with Gasteiger partial charge in [-0.3, -0.25) is 0 Å². The van der Waals surface area contributed by atoms with Crippen molar-refractivity contribution in [3.8, 4) is 0 Å². The molecule has 1 aromatic carbocycles. The molecule has 0 aliphatic carbocycles. The molecule has 1 fully saturated rings. The fourth-order valence-corrected chi connectivity index (χ4v) is 2.39. The lowest BCUT2D eigenvalue weighted by molar-refractivity contribution is -0.0149. The van der Waals surface area contributed by atoms with E-state index in [1.54, 1.807) is 0 Å². The smallest absolute Gasteiger partial charge is 0.0614 e. The van der Waals surface area contributed by atoms with E-state index in [0.717, 1.165) is 0 Å². The Kier molecular flexibility index (Phi) is 3.93. The Morgan fingerprint density at radius 3 is 2.44 bits per heavy atom. The molecule has 1 unspecified atom stereocenters. The average molecular weight is 219 g/mol. The molecule has 1 atom stereocenters. The molecular formula is C13H21N3. The number of hydrogen-bond acceptors (Lipinski definition) is 3. The highest BCUT2D eigenvalue weighted by Gasteiger charge is 2.23. The Bertz CT molecular complexity index is 306. The van der Waals surface area contributed by atoms with Gasteiger partial charge < -0.3 is 5.73 Å². The third-order valence-electron chi connectivity index (χ3n) is 3.39. The van der Waals surface area contributed by atoms with Crippen LogP contribution in [0.3, 0.4) is 0 Å². The fraction of sp³-hybridized carbons (Fsp3) is 0.538. The van der Waals surface area contributed by atoms with Gasteiger partial charge in [-0.05, 0) is 18.4 Å². The molecule has 1 heterocycles. The van der Waals surface area contributed by atoms with E-state index in [9.17, 15) is 0 Å². The Labute approximate surface area is 97.8 Å². The minimum atomic E-state index is 0.305. The van der Waals surface area contributed by atoms with E-state index >= 15 is 0 Å². The maximum Gasteiger partial charge on any atom is 0.0614 e. The molecule has 1 saturated heterocycles. The van der Waals surface area contributed by atoms with Crippen molar-refractivity contribution in [3.63, 3.8) is 0 Å². The summed E-state index contributed by atoms with van der Waals surface area (Å²) in [5.74, 6) is 0. The predicted octanol–water partition coefficient (Wildman–Crippen LogP) is 1.63. The lowest BCUT2D eigenvalue weighted by Crippen LogP contribution is -2.42. The largest absolute Gasteiger partial charge is 0.329 e. The molecule has 0 aromatic heterocycles. The van der Waals surface area contributed by atoms with Gasteiger partial charge in [-0.15, -0.1) is 0 Å². The average Bonchev–Trinajstić information content (AvgIpc) is 2.85. The second-order valence-electron chi connectivity index (χ2n) is 4.40. The first-order valence-electron chi connectivity index (χ1n) is 6.05. The summed E-state index contributed by atoms with van der Waals surface area (Å²) in [6.45, 7) is 3.00. The summed E-state index contributed by atoms with van der Waals surface area (Å²) < 4.78 is 0. The van der Waals surface area contributed by atoms with E-state index in [-0.39, 0.29) is 0 Å². The number of hydrogen-bond donors (Lipinski definition) is 1. The fourth-order valence-electron chi connectivity index (χ4n) is 2.39. The van der Waals surface area contributed by atoms with Crippen molar-refractivity contribution in [1.29, 1.82) is 0 Å². The summed E-state index contributed by atoms with van der Waals surface area (Å²) in [6.07, 6.45) is 2.60. The van der Waals surface area contributed by atoms with Gasteiger partial charge in [-0.2, -0.15) is 0 Å². The minimum Gasteiger partial charge on any atom is -0.329 e. The quantitative estimate of drug-likeness (QED) is 0.835. The lowest BCUT2D eigenvalue weighted by Gasteiger charge is -2.34. The van der Waals surface area contributed by atoms with Crippen molar-refractivity contribution in [2.45, 2.75) is 18.9 Å². The molecule has 0 bridgehead atoms. The second kappa shape index (κ2) is 5.43. The van der Waals surface area contributed by atoms with Crippen LogP contribution in [0.25, 0.3) is 0 Å². The normalized spacial score (nSPS) is 19.2. The monoisotopic (exact) mass is 219 g/mol. The van der Waals surface area contributed by atoms with E-state index in [2.05, 4.69) is 41.3 Å². The van der Waals surface area contributed by atoms with Gasteiger partial charge in [0, 0.05) is 26.7 Å². The molecule has 0 saturated carbocycles. The molecule has 0 radical (unpaired) electrons. The van der Waals surface area contributed by atoms with Crippen LogP contribution in [-0.2, 0) is 0 Å². The van der Waals surface area contributed by atoms with E-state index in [4.69, 9.17) is 5.73 Å². The highest BCUT2D eigenvalue weighted by Crippen LogP contribution is 2.22. The van der Waals surface area contributed by atoms with E-state index < -0.39 is 0 Å². The van der Waals surface area contributed by atoms with Crippen molar-refractivity contribution < 1.29 is 0 Å². The Balaban J connectivity index is 2.09. The van der Waals surface area contributed by atoms with Gasteiger partial charge in [0.05, 0.1) is 6.04 Å². The lowest BCUT2D eigenvalue weighted by atomic mass is 10.1. The molecule has 2 rings (SSSR count). The van der Waals surface area contributed by atoms with E-state index in [1.807, 2.05) is 6.07 Å². The standard InChI is InChI=1S/C13H21N3/c1-15(16-9-5-6-10-16)13(11-14)12-7-3-2-4-8-12/h2-4,7-8,13H,5-6,9-11,14H2,1H3. The third kappa shape index (κ3) is 2.43. The van der Waals surface area contributed by atoms with Gasteiger partial charge in [0.15, 0.2) is 0 Å². The second-order valence-corrected chi connectivity index (χ2v) is 4.40. The predicted molar refractivity (Wildman–Crippen MR) is 66.8 cm³/mol. The molecule has 88 valence electrons. The van der Waals surface area contributed by atoms with Crippen LogP contribution in [0.5, 0.6) is 0 Å². The van der Waals surface area contributed by atoms with Crippen molar-refractivity contribution in [2.75, 3.05) is 26.7 Å². The van der Waals surface area contributed by atoms with Crippen LogP contribution in [0.4, 0.5) is 0 Å². The highest BCUT2D eigenvalue weighted by atomic mass is 15.6. The Hall–Kier alpha value is -0.900. The number of nitrogens with zero attached hydrogens (tertiary/aromatic N) is 2. The summed E-state index contributed by atoms with van der Waals surface area (Å²) in [7, 11) is 2.15. The van der Waals surface area contributed by atoms with Crippen molar-refractivity contribution >= 4 is 0 Å². The Morgan fingerprint density at radius 2 is 1.88 bits per heavy atom. The first kappa shape index (κ1) is 11.6. The first-order valence-corrected chi connectivity index (χ1v) is 6.05. The van der Waals surface area contributed by atoms with Crippen LogP contribution in [-0.4, -0.2) is 36.7 Å². The number of hydrazine groups is 1. The van der Waals surface area contributed by atoms with Gasteiger partial charge in [-0.25, -0.2) is 10.0 Å². The molecule has 16 heavy (non-hydrogen) atoms. The van der Waals surface area contributed by atoms with Crippen LogP contribution < -0.4 is 5.73 Å². The zero-order chi connectivity index (χ0) is 11.4. The van der Waals surface area contributed by atoms with Gasteiger partial charge in [0.2, 0.25) is 0 Å². The summed E-state index contributed by atoms with van der Waals surface area (Å²) in [6, 6.07) is 10.8. The van der Waals surface area contributed by atoms with Gasteiger partial charge in [0.25, 0.3) is 0 Å². The number of benzene rings is 1. The summed E-state index contributed by atoms with van der Waals surface area (Å²) in [5.41, 5.74) is 7.21. The topological polar surface area (TPSA) is 32.5 Å². The molecule has 1 aliphatic rings. The summed E-state index contributed by atoms with van der Waals surface area (Å²) >= 11 is 0. The number of likely N-dealkylation sites (N-methyl/N-ethyl adjacent to an activating group) is 1. The molecule has 3 nitrogen and oxygen atoms in total. The molecule has 0 spiro atoms. The van der Waals surface area contributed by atoms with Crippen LogP contribution >= 0.6 is 0 Å². The zero-order valence-electron chi connectivity index (χ0n) is 9.97. The van der Waals surface area contributed by atoms with E-state index in [0.29, 0.717) is 12.6 Å². The molecule has 1 aromatic rings. The molecule has 3 heteroatoms. The van der Waals surface area contributed by atoms with Crippen molar-refractivity contribution in [2.24, 2.45) is 5.73 Å². The zero-order valence-corrected chi connectivity index (χ0v) is 9.97. The molecular weight excluding hydrogens is 198 g/mol. The minimum absolute atomic E-state index is 0.305. The van der Waals surface area contributed by atoms with Crippen molar-refractivity contribution in [1.82, 2.24) is 10.0 Å². The van der Waals surface area contributed by atoms with Gasteiger partial charge in [-0.1, -0.05) is 30.3 Å². The number of nitrogens with two attached hydrogens (primary N) is 1.